The first-order valence-electron chi connectivity index (χ1n) is 9.02. The van der Waals surface area contributed by atoms with Crippen LogP contribution in [0, 0.1) is 0 Å². The van der Waals surface area contributed by atoms with Crippen molar-refractivity contribution in [1.82, 2.24) is 4.90 Å². The van der Waals surface area contributed by atoms with Gasteiger partial charge in [0.1, 0.15) is 0 Å². The Morgan fingerprint density at radius 2 is 1.30 bits per heavy atom. The quantitative estimate of drug-likeness (QED) is 0.727. The Kier molecular flexibility index (Phi) is 3.16. The molecule has 0 unspecified atom stereocenters. The fourth-order valence-electron chi connectivity index (χ4n) is 4.86. The normalized spacial score (nSPS) is 25.7. The first-order valence-corrected chi connectivity index (χ1v) is 9.02. The predicted molar refractivity (Wildman–Crippen MR) is 94.9 cm³/mol. The van der Waals surface area contributed by atoms with Gasteiger partial charge in [0.15, 0.2) is 0 Å². The zero-order valence-electron chi connectivity index (χ0n) is 13.5. The molecular formula is C22H23N. The minimum atomic E-state index is 0.465. The number of rotatable bonds is 2. The van der Waals surface area contributed by atoms with E-state index in [2.05, 4.69) is 59.5 Å². The predicted octanol–water partition coefficient (Wildman–Crippen LogP) is 4.69. The van der Waals surface area contributed by atoms with Gasteiger partial charge in [0.25, 0.3) is 0 Å². The third kappa shape index (κ3) is 2.10. The molecule has 0 aromatic heterocycles. The van der Waals surface area contributed by atoms with Crippen LogP contribution in [0.2, 0.25) is 0 Å². The Bertz CT molecular complexity index is 720. The van der Waals surface area contributed by atoms with Crippen LogP contribution in [0.4, 0.5) is 0 Å². The van der Waals surface area contributed by atoms with Gasteiger partial charge in [-0.05, 0) is 53.8 Å². The lowest BCUT2D eigenvalue weighted by molar-refractivity contribution is 0.243. The maximum Gasteiger partial charge on any atom is 0.0318 e. The average Bonchev–Trinajstić information content (AvgIpc) is 2.63. The zero-order valence-corrected chi connectivity index (χ0v) is 13.5. The minimum Gasteiger partial charge on any atom is -0.299 e. The van der Waals surface area contributed by atoms with E-state index in [1.54, 1.807) is 16.7 Å². The summed E-state index contributed by atoms with van der Waals surface area (Å²) in [6.45, 7) is 3.71. The standard InChI is InChI=1S/C22H23N/c1-6-12-23(13-7-1)15-16-14-21-17-8-2-4-10-19(17)22(16)20-11-5-3-9-18(20)21/h2-5,8-11,14,21-22H,1,6-7,12-13,15H2. The molecule has 4 aliphatic rings. The van der Waals surface area contributed by atoms with E-state index in [-0.39, 0.29) is 0 Å². The summed E-state index contributed by atoms with van der Waals surface area (Å²) in [7, 11) is 0. The van der Waals surface area contributed by atoms with E-state index < -0.39 is 0 Å². The lowest BCUT2D eigenvalue weighted by Crippen LogP contribution is -2.35. The van der Waals surface area contributed by atoms with Crippen LogP contribution in [0.3, 0.4) is 0 Å². The third-order valence-electron chi connectivity index (χ3n) is 5.89. The lowest BCUT2D eigenvalue weighted by atomic mass is 9.64. The van der Waals surface area contributed by atoms with Crippen molar-refractivity contribution >= 4 is 0 Å². The van der Waals surface area contributed by atoms with Crippen molar-refractivity contribution in [3.05, 3.63) is 82.4 Å². The molecule has 23 heavy (non-hydrogen) atoms. The molecule has 2 bridgehead atoms. The Balaban J connectivity index is 1.57. The fraction of sp³-hybridized carbons (Fsp3) is 0.364. The molecule has 1 nitrogen and oxygen atoms in total. The van der Waals surface area contributed by atoms with E-state index in [0.29, 0.717) is 11.8 Å². The molecule has 6 rings (SSSR count). The number of piperidine rings is 1. The number of nitrogens with zero attached hydrogens (tertiary/aromatic N) is 1. The van der Waals surface area contributed by atoms with E-state index in [1.807, 2.05) is 0 Å². The highest BCUT2D eigenvalue weighted by Gasteiger charge is 2.37. The molecule has 2 aromatic carbocycles. The van der Waals surface area contributed by atoms with E-state index in [4.69, 9.17) is 0 Å². The van der Waals surface area contributed by atoms with Gasteiger partial charge in [-0.2, -0.15) is 0 Å². The molecule has 0 N–H and O–H groups in total. The molecule has 1 heteroatoms. The summed E-state index contributed by atoms with van der Waals surface area (Å²) in [5.41, 5.74) is 7.78. The Hall–Kier alpha value is -1.86. The van der Waals surface area contributed by atoms with Gasteiger partial charge in [-0.3, -0.25) is 4.90 Å². The maximum atomic E-state index is 2.67. The van der Waals surface area contributed by atoms with Crippen molar-refractivity contribution in [3.8, 4) is 0 Å². The number of benzene rings is 2. The molecule has 0 saturated carbocycles. The van der Waals surface area contributed by atoms with Crippen LogP contribution >= 0.6 is 0 Å². The van der Waals surface area contributed by atoms with Gasteiger partial charge in [-0.1, -0.05) is 61.0 Å². The monoisotopic (exact) mass is 301 g/mol. The first kappa shape index (κ1) is 13.6. The molecule has 0 spiro atoms. The average molecular weight is 301 g/mol. The number of hydrogen-bond donors (Lipinski definition) is 0. The first-order chi connectivity index (χ1) is 11.4. The van der Waals surface area contributed by atoms with Crippen LogP contribution in [-0.4, -0.2) is 24.5 Å². The second-order valence-corrected chi connectivity index (χ2v) is 7.25. The summed E-state index contributed by atoms with van der Waals surface area (Å²) in [5.74, 6) is 0.946. The molecule has 2 aromatic rings. The highest BCUT2D eigenvalue weighted by atomic mass is 15.1. The van der Waals surface area contributed by atoms with Crippen molar-refractivity contribution in [2.75, 3.05) is 19.6 Å². The molecule has 0 radical (unpaired) electrons. The summed E-state index contributed by atoms with van der Waals surface area (Å²) in [6.07, 6.45) is 6.72. The number of allylic oxidation sites excluding steroid dienone is 1. The minimum absolute atomic E-state index is 0.465. The van der Waals surface area contributed by atoms with Crippen LogP contribution in [0.1, 0.15) is 53.4 Å². The maximum absolute atomic E-state index is 2.67. The SMILES string of the molecule is C1=C(CN2CCCCC2)C2c3ccccc3C1c1ccccc12. The number of likely N-dealkylation sites (tertiary alicyclic amines) is 1. The van der Waals surface area contributed by atoms with Crippen LogP contribution in [0.15, 0.2) is 60.2 Å². The van der Waals surface area contributed by atoms with Crippen LogP contribution in [-0.2, 0) is 0 Å². The summed E-state index contributed by atoms with van der Waals surface area (Å²) in [4.78, 5) is 2.67. The molecular weight excluding hydrogens is 278 g/mol. The Labute approximate surface area is 138 Å². The van der Waals surface area contributed by atoms with Crippen molar-refractivity contribution in [2.24, 2.45) is 0 Å². The van der Waals surface area contributed by atoms with Gasteiger partial charge in [-0.25, -0.2) is 0 Å². The molecule has 0 amide bonds. The van der Waals surface area contributed by atoms with Gasteiger partial charge in [0.2, 0.25) is 0 Å². The highest BCUT2D eigenvalue weighted by molar-refractivity contribution is 5.62. The Morgan fingerprint density at radius 3 is 1.91 bits per heavy atom. The van der Waals surface area contributed by atoms with Crippen molar-refractivity contribution in [2.45, 2.75) is 31.1 Å². The smallest absolute Gasteiger partial charge is 0.0318 e. The molecule has 1 aliphatic heterocycles. The molecule has 116 valence electrons. The number of hydrogen-bond acceptors (Lipinski definition) is 1. The van der Waals surface area contributed by atoms with Crippen LogP contribution in [0.5, 0.6) is 0 Å². The molecule has 1 fully saturated rings. The van der Waals surface area contributed by atoms with Gasteiger partial charge in [0, 0.05) is 18.4 Å². The zero-order chi connectivity index (χ0) is 15.2. The summed E-state index contributed by atoms with van der Waals surface area (Å²) in [6, 6.07) is 18.2. The largest absolute Gasteiger partial charge is 0.299 e. The van der Waals surface area contributed by atoms with Gasteiger partial charge in [0.05, 0.1) is 0 Å². The summed E-state index contributed by atoms with van der Waals surface area (Å²) < 4.78 is 0. The van der Waals surface area contributed by atoms with Crippen molar-refractivity contribution < 1.29 is 0 Å². The lowest BCUT2D eigenvalue weighted by Gasteiger charge is -2.41. The van der Waals surface area contributed by atoms with E-state index in [0.717, 1.165) is 6.54 Å². The van der Waals surface area contributed by atoms with Crippen LogP contribution < -0.4 is 0 Å². The summed E-state index contributed by atoms with van der Waals surface area (Å²) in [5, 5.41) is 0. The second kappa shape index (κ2) is 5.35. The van der Waals surface area contributed by atoms with Crippen molar-refractivity contribution in [3.63, 3.8) is 0 Å². The third-order valence-corrected chi connectivity index (χ3v) is 5.89. The summed E-state index contributed by atoms with van der Waals surface area (Å²) >= 11 is 0. The van der Waals surface area contributed by atoms with Gasteiger partial charge < -0.3 is 0 Å². The van der Waals surface area contributed by atoms with E-state index >= 15 is 0 Å². The second-order valence-electron chi connectivity index (χ2n) is 7.25. The topological polar surface area (TPSA) is 3.24 Å². The van der Waals surface area contributed by atoms with Gasteiger partial charge in [-0.15, -0.1) is 0 Å². The molecule has 1 heterocycles. The Morgan fingerprint density at radius 1 is 0.739 bits per heavy atom. The molecule has 3 aliphatic carbocycles. The fourth-order valence-corrected chi connectivity index (χ4v) is 4.86. The van der Waals surface area contributed by atoms with Crippen molar-refractivity contribution in [1.29, 1.82) is 0 Å². The van der Waals surface area contributed by atoms with E-state index in [9.17, 15) is 0 Å². The van der Waals surface area contributed by atoms with E-state index in [1.165, 1.54) is 43.5 Å². The van der Waals surface area contributed by atoms with Gasteiger partial charge >= 0.3 is 0 Å². The molecule has 1 saturated heterocycles. The molecule has 0 atom stereocenters. The van der Waals surface area contributed by atoms with Crippen LogP contribution in [0.25, 0.3) is 0 Å². The highest BCUT2D eigenvalue weighted by Crippen LogP contribution is 2.52.